The Morgan fingerprint density at radius 1 is 1.50 bits per heavy atom. The maximum atomic E-state index is 12.6. The van der Waals surface area contributed by atoms with E-state index in [1.165, 1.54) is 0 Å². The van der Waals surface area contributed by atoms with E-state index in [1.807, 2.05) is 0 Å². The Kier molecular flexibility index (Phi) is 3.52. The Bertz CT molecular complexity index is 331. The number of nitrogens with one attached hydrogen (secondary N) is 1. The number of hydrogen-bond donors (Lipinski definition) is 2. The van der Waals surface area contributed by atoms with Gasteiger partial charge in [-0.3, -0.25) is 4.79 Å². The number of carbonyl (C=O) groups excluding carboxylic acids is 1. The Hall–Kier alpha value is -0.860. The molecule has 1 amide bonds. The molecule has 5 nitrogen and oxygen atoms in total. The summed E-state index contributed by atoms with van der Waals surface area (Å²) in [5.74, 6) is -0.498. The highest BCUT2D eigenvalue weighted by molar-refractivity contribution is 5.81. The molecule has 0 radical (unpaired) electrons. The molecule has 2 saturated heterocycles. The van der Waals surface area contributed by atoms with Crippen LogP contribution in [-0.4, -0.2) is 66.6 Å². The van der Waals surface area contributed by atoms with Crippen LogP contribution in [0.5, 0.6) is 0 Å². The van der Waals surface area contributed by atoms with Gasteiger partial charge in [0.2, 0.25) is 0 Å². The molecule has 0 aliphatic carbocycles. The van der Waals surface area contributed by atoms with Crippen LogP contribution < -0.4 is 5.32 Å². The van der Waals surface area contributed by atoms with Crippen molar-refractivity contribution in [3.63, 3.8) is 0 Å². The summed E-state index contributed by atoms with van der Waals surface area (Å²) in [5, 5.41) is 12.4. The molecule has 18 heavy (non-hydrogen) atoms. The van der Waals surface area contributed by atoms with Gasteiger partial charge in [0.25, 0.3) is 5.91 Å². The number of morpholine rings is 1. The summed E-state index contributed by atoms with van der Waals surface area (Å²) in [5.41, 5.74) is -2.79. The molecule has 2 atom stereocenters. The quantitative estimate of drug-likeness (QED) is 0.673. The second kappa shape index (κ2) is 4.67. The highest BCUT2D eigenvalue weighted by Gasteiger charge is 2.58. The average molecular weight is 268 g/mol. The van der Waals surface area contributed by atoms with Crippen molar-refractivity contribution in [2.75, 3.05) is 32.8 Å². The highest BCUT2D eigenvalue weighted by Crippen LogP contribution is 2.37. The zero-order valence-electron chi connectivity index (χ0n) is 9.66. The van der Waals surface area contributed by atoms with Gasteiger partial charge >= 0.3 is 6.18 Å². The van der Waals surface area contributed by atoms with Gasteiger partial charge in [-0.1, -0.05) is 0 Å². The number of likely N-dealkylation sites (tertiary alicyclic amines) is 1. The van der Waals surface area contributed by atoms with Gasteiger partial charge in [0, 0.05) is 26.1 Å². The molecule has 0 bridgehead atoms. The number of nitrogens with zero attached hydrogens (tertiary/aromatic N) is 1. The van der Waals surface area contributed by atoms with E-state index in [0.717, 1.165) is 4.90 Å². The fourth-order valence-corrected chi connectivity index (χ4v) is 2.14. The first-order valence-electron chi connectivity index (χ1n) is 5.74. The van der Waals surface area contributed by atoms with Crippen molar-refractivity contribution in [3.05, 3.63) is 0 Å². The molecule has 2 rings (SSSR count). The number of rotatable bonds is 1. The van der Waals surface area contributed by atoms with Crippen LogP contribution in [0.3, 0.4) is 0 Å². The predicted molar refractivity (Wildman–Crippen MR) is 54.8 cm³/mol. The Morgan fingerprint density at radius 2 is 2.22 bits per heavy atom. The standard InChI is InChI=1S/C10H15F3N2O3/c11-10(12,13)9(17)1-3-15(6-9)8(16)7-5-14-2-4-18-7/h7,14,17H,1-6H2. The fourth-order valence-electron chi connectivity index (χ4n) is 2.14. The third kappa shape index (κ3) is 2.45. The summed E-state index contributed by atoms with van der Waals surface area (Å²) in [6.07, 6.45) is -5.95. The van der Waals surface area contributed by atoms with Gasteiger partial charge < -0.3 is 20.1 Å². The fraction of sp³-hybridized carbons (Fsp3) is 0.900. The zero-order chi connectivity index (χ0) is 13.4. The van der Waals surface area contributed by atoms with Gasteiger partial charge in [0.05, 0.1) is 13.2 Å². The summed E-state index contributed by atoms with van der Waals surface area (Å²) in [6, 6.07) is 0. The number of amides is 1. The largest absolute Gasteiger partial charge is 0.419 e. The van der Waals surface area contributed by atoms with Crippen molar-refractivity contribution in [1.82, 2.24) is 10.2 Å². The molecule has 0 aromatic carbocycles. The second-order valence-electron chi connectivity index (χ2n) is 4.60. The van der Waals surface area contributed by atoms with E-state index in [0.29, 0.717) is 19.7 Å². The summed E-state index contributed by atoms with van der Waals surface area (Å²) < 4.78 is 43.0. The lowest BCUT2D eigenvalue weighted by molar-refractivity contribution is -0.253. The molecule has 8 heteroatoms. The number of halogens is 3. The van der Waals surface area contributed by atoms with E-state index < -0.39 is 36.8 Å². The van der Waals surface area contributed by atoms with Crippen molar-refractivity contribution >= 4 is 5.91 Å². The van der Waals surface area contributed by atoms with Gasteiger partial charge in [0.15, 0.2) is 5.60 Å². The van der Waals surface area contributed by atoms with Crippen LogP contribution in [0, 0.1) is 0 Å². The van der Waals surface area contributed by atoms with Crippen LogP contribution in [0.4, 0.5) is 13.2 Å². The molecule has 0 saturated carbocycles. The van der Waals surface area contributed by atoms with Crippen LogP contribution >= 0.6 is 0 Å². The SMILES string of the molecule is O=C(C1CNCCO1)N1CCC(O)(C(F)(F)F)C1. The van der Waals surface area contributed by atoms with Gasteiger partial charge in [-0.15, -0.1) is 0 Å². The van der Waals surface area contributed by atoms with E-state index in [-0.39, 0.29) is 6.54 Å². The molecular formula is C10H15F3N2O3. The van der Waals surface area contributed by atoms with E-state index in [9.17, 15) is 23.1 Å². The predicted octanol–water partition coefficient (Wildman–Crippen LogP) is -0.500. The van der Waals surface area contributed by atoms with Crippen molar-refractivity contribution in [1.29, 1.82) is 0 Å². The second-order valence-corrected chi connectivity index (χ2v) is 4.60. The van der Waals surface area contributed by atoms with Gasteiger partial charge in [0.1, 0.15) is 6.10 Å². The topological polar surface area (TPSA) is 61.8 Å². The minimum absolute atomic E-state index is 0.102. The first kappa shape index (κ1) is 13.6. The normalized spacial score (nSPS) is 33.8. The minimum Gasteiger partial charge on any atom is -0.379 e. The molecule has 2 aliphatic rings. The van der Waals surface area contributed by atoms with E-state index in [2.05, 4.69) is 5.32 Å². The van der Waals surface area contributed by atoms with Gasteiger partial charge in [-0.25, -0.2) is 0 Å². The number of ether oxygens (including phenoxy) is 1. The first-order chi connectivity index (χ1) is 8.33. The lowest BCUT2D eigenvalue weighted by Gasteiger charge is -2.29. The molecule has 2 heterocycles. The zero-order valence-corrected chi connectivity index (χ0v) is 9.66. The third-order valence-electron chi connectivity index (χ3n) is 3.29. The Balaban J connectivity index is 1.98. The first-order valence-corrected chi connectivity index (χ1v) is 5.74. The van der Waals surface area contributed by atoms with Crippen molar-refractivity contribution in [2.45, 2.75) is 24.3 Å². The third-order valence-corrected chi connectivity index (χ3v) is 3.29. The van der Waals surface area contributed by atoms with Crippen molar-refractivity contribution in [3.8, 4) is 0 Å². The van der Waals surface area contributed by atoms with Crippen LogP contribution in [0.25, 0.3) is 0 Å². The van der Waals surface area contributed by atoms with E-state index in [4.69, 9.17) is 4.74 Å². The Morgan fingerprint density at radius 3 is 2.72 bits per heavy atom. The molecule has 2 aliphatic heterocycles. The average Bonchev–Trinajstić information content (AvgIpc) is 2.73. The molecule has 2 unspecified atom stereocenters. The maximum Gasteiger partial charge on any atom is 0.419 e. The van der Waals surface area contributed by atoms with Crippen molar-refractivity contribution < 1.29 is 27.8 Å². The number of aliphatic hydroxyl groups is 1. The van der Waals surface area contributed by atoms with Crippen LogP contribution in [0.1, 0.15) is 6.42 Å². The number of alkyl halides is 3. The van der Waals surface area contributed by atoms with Gasteiger partial charge in [-0.2, -0.15) is 13.2 Å². The van der Waals surface area contributed by atoms with E-state index in [1.54, 1.807) is 0 Å². The molecule has 2 fully saturated rings. The molecule has 0 spiro atoms. The van der Waals surface area contributed by atoms with Crippen LogP contribution in [-0.2, 0) is 9.53 Å². The maximum absolute atomic E-state index is 12.6. The minimum atomic E-state index is -4.71. The molecule has 0 aromatic heterocycles. The molecule has 0 aromatic rings. The summed E-state index contributed by atoms with van der Waals surface area (Å²) in [4.78, 5) is 12.9. The highest BCUT2D eigenvalue weighted by atomic mass is 19.4. The van der Waals surface area contributed by atoms with Crippen LogP contribution in [0.15, 0.2) is 0 Å². The Labute approximate surface area is 102 Å². The summed E-state index contributed by atoms with van der Waals surface area (Å²) in [6.45, 7) is 0.452. The molecular weight excluding hydrogens is 253 g/mol. The van der Waals surface area contributed by atoms with Gasteiger partial charge in [-0.05, 0) is 0 Å². The molecule has 104 valence electrons. The number of β-amino-alcohol motifs (C(OH)–C–C–N with tert-alkyl or cyclic N) is 1. The smallest absolute Gasteiger partial charge is 0.379 e. The number of carbonyl (C=O) groups is 1. The van der Waals surface area contributed by atoms with Crippen molar-refractivity contribution in [2.24, 2.45) is 0 Å². The number of hydrogen-bond acceptors (Lipinski definition) is 4. The monoisotopic (exact) mass is 268 g/mol. The lowest BCUT2D eigenvalue weighted by Crippen LogP contribution is -2.52. The summed E-state index contributed by atoms with van der Waals surface area (Å²) >= 11 is 0. The van der Waals surface area contributed by atoms with E-state index >= 15 is 0 Å². The van der Waals surface area contributed by atoms with Crippen LogP contribution in [0.2, 0.25) is 0 Å². The molecule has 2 N–H and O–H groups in total. The summed E-state index contributed by atoms with van der Waals surface area (Å²) in [7, 11) is 0. The lowest BCUT2D eigenvalue weighted by atomic mass is 10.0.